The lowest BCUT2D eigenvalue weighted by atomic mass is 9.84. The molecule has 6 N–H and O–H groups in total. The van der Waals surface area contributed by atoms with Gasteiger partial charge in [-0.2, -0.15) is 4.48 Å². The number of fused-ring (bicyclic) bond motifs is 3. The molecule has 0 saturated heterocycles. The number of rotatable bonds is 9. The summed E-state index contributed by atoms with van der Waals surface area (Å²) in [4.78, 5) is 74.7. The van der Waals surface area contributed by atoms with Gasteiger partial charge in [-0.15, -0.1) is 0 Å². The Morgan fingerprint density at radius 1 is 0.554 bits per heavy atom. The predicted molar refractivity (Wildman–Crippen MR) is 275 cm³/mol. The van der Waals surface area contributed by atoms with Crippen LogP contribution < -0.4 is 10.2 Å². The molecule has 2 aromatic heterocycles. The molecule has 22 heteroatoms. The third-order valence-corrected chi connectivity index (χ3v) is 15.5. The minimum Gasteiger partial charge on any atom is -0.505 e. The molecule has 9 rings (SSSR count). The summed E-state index contributed by atoms with van der Waals surface area (Å²) < 4.78 is 51.5. The molecule has 0 bridgehead atoms. The van der Waals surface area contributed by atoms with Crippen LogP contribution in [0.3, 0.4) is 0 Å². The number of nitrogens with zero attached hydrogens (tertiary/aromatic N) is 3. The summed E-state index contributed by atoms with van der Waals surface area (Å²) in [6.07, 6.45) is 0. The number of quaternary nitrogens is 1. The highest BCUT2D eigenvalue weighted by Crippen LogP contribution is 2.59. The van der Waals surface area contributed by atoms with Gasteiger partial charge in [0.05, 0.1) is 57.9 Å². The van der Waals surface area contributed by atoms with E-state index in [1.54, 1.807) is 0 Å². The number of phenols is 3. The smallest absolute Gasteiger partial charge is 0.356 e. The summed E-state index contributed by atoms with van der Waals surface area (Å²) >= 11 is 37.7. The van der Waals surface area contributed by atoms with E-state index in [9.17, 15) is 39.6 Å². The summed E-state index contributed by atoms with van der Waals surface area (Å²) in [5, 5.41) is 43.0. The Morgan fingerprint density at radius 3 is 1.41 bits per heavy atom. The second-order valence-electron chi connectivity index (χ2n) is 17.1. The molecule has 74 heavy (non-hydrogen) atoms. The number of carboxylic acids is 1. The van der Waals surface area contributed by atoms with E-state index < -0.39 is 131 Å². The number of aromatic nitrogens is 2. The van der Waals surface area contributed by atoms with Gasteiger partial charge in [0.25, 0.3) is 17.7 Å². The summed E-state index contributed by atoms with van der Waals surface area (Å²) in [7, 11) is 0. The first-order valence-electron chi connectivity index (χ1n) is 21.6. The number of carbonyl (C=O) groups is 5. The normalized spacial score (nSPS) is 15.2. The number of halogens is 9. The molecule has 3 unspecified atom stereocenters. The largest absolute Gasteiger partial charge is 0.505 e. The minimum absolute atomic E-state index is 0.0603. The number of phenolic OH excluding ortho intramolecular Hbond substituents is 3. The second kappa shape index (κ2) is 18.7. The number of hydrogen-bond acceptors (Lipinski definition) is 8. The Bertz CT molecular complexity index is 3930. The average molecular weight is 1130 g/mol. The van der Waals surface area contributed by atoms with E-state index in [0.29, 0.717) is 0 Å². The third-order valence-electron chi connectivity index (χ3n) is 13.3. The lowest BCUT2D eigenvalue weighted by Crippen LogP contribution is -2.58. The van der Waals surface area contributed by atoms with Crippen LogP contribution in [0.4, 0.5) is 18.9 Å². The zero-order valence-corrected chi connectivity index (χ0v) is 42.5. The quantitative estimate of drug-likeness (QED) is 0.0872. The monoisotopic (exact) mass is 1120 g/mol. The second-order valence-corrected chi connectivity index (χ2v) is 19.6. The zero-order chi connectivity index (χ0) is 53.9. The Kier molecular flexibility index (Phi) is 13.1. The lowest BCUT2D eigenvalue weighted by molar-refractivity contribution is -0.137. The molecule has 2 amide bonds. The molecule has 0 fully saturated rings. The van der Waals surface area contributed by atoms with Gasteiger partial charge in [-0.1, -0.05) is 69.6 Å². The van der Waals surface area contributed by atoms with Crippen LogP contribution in [0.5, 0.6) is 17.2 Å². The number of carbonyl (C=O) groups excluding carboxylic acids is 4. The molecule has 0 radical (unpaired) electrons. The van der Waals surface area contributed by atoms with Crippen molar-refractivity contribution in [2.45, 2.75) is 32.7 Å². The van der Waals surface area contributed by atoms with Gasteiger partial charge in [0, 0.05) is 57.4 Å². The molecule has 3 atom stereocenters. The number of aromatic hydroxyl groups is 3. The van der Waals surface area contributed by atoms with Crippen LogP contribution in [0.2, 0.25) is 30.1 Å². The molecule has 376 valence electrons. The van der Waals surface area contributed by atoms with Crippen molar-refractivity contribution in [1.82, 2.24) is 13.6 Å². The lowest BCUT2D eigenvalue weighted by Gasteiger charge is -2.39. The molecule has 13 nitrogen and oxygen atoms in total. The maximum absolute atomic E-state index is 17.5. The van der Waals surface area contributed by atoms with Crippen molar-refractivity contribution in [1.29, 1.82) is 0 Å². The number of nitrogens with two attached hydrogens (primary N) is 1. The summed E-state index contributed by atoms with van der Waals surface area (Å²) in [5.74, 6) is -16.4. The summed E-state index contributed by atoms with van der Waals surface area (Å²) in [5.41, 5.74) is 0.629. The van der Waals surface area contributed by atoms with Gasteiger partial charge in [0.15, 0.2) is 40.4 Å². The number of aliphatic carboxylic acids is 1. The van der Waals surface area contributed by atoms with Gasteiger partial charge < -0.3 is 26.2 Å². The van der Waals surface area contributed by atoms with Crippen molar-refractivity contribution in [2.24, 2.45) is 5.73 Å². The van der Waals surface area contributed by atoms with Gasteiger partial charge in [-0.3, -0.25) is 28.3 Å². The predicted octanol–water partition coefficient (Wildman–Crippen LogP) is 13.0. The fraction of sp³-hybridized carbons (Fsp3) is 0.0962. The average Bonchev–Trinajstić information content (AvgIpc) is 3.91. The Morgan fingerprint density at radius 2 is 0.959 bits per heavy atom. The van der Waals surface area contributed by atoms with E-state index in [4.69, 9.17) is 75.3 Å². The highest BCUT2D eigenvalue weighted by Gasteiger charge is 2.62. The molecule has 3 heterocycles. The first-order chi connectivity index (χ1) is 34.9. The number of carboxylic acid groups (broad SMARTS) is 1. The van der Waals surface area contributed by atoms with E-state index in [0.717, 1.165) is 64.6 Å². The van der Waals surface area contributed by atoms with Gasteiger partial charge in [0.2, 0.25) is 6.04 Å². The third kappa shape index (κ3) is 7.61. The van der Waals surface area contributed by atoms with E-state index in [-0.39, 0.29) is 63.7 Å². The van der Waals surface area contributed by atoms with E-state index >= 15 is 18.0 Å². The van der Waals surface area contributed by atoms with E-state index in [1.807, 2.05) is 0 Å². The van der Waals surface area contributed by atoms with Crippen LogP contribution in [0.15, 0.2) is 96.7 Å². The first kappa shape index (κ1) is 51.9. The van der Waals surface area contributed by atoms with E-state index in [2.05, 4.69) is 0 Å². The molecule has 8 aromatic rings. The number of benzene rings is 6. The maximum Gasteiger partial charge on any atom is 0.356 e. The standard InChI is InChI=1S/C52H31Cl6F3N4O9/c1-19-37(40-31(10-13-34(66)44(40)59)63(19)49(70)22-4-7-25(53)28(56)16-22)43(52(73)74)39-21(3)65(33-12-15-36(68)46(61)42(33)39,51(72)24-6-9-27(55)30(58)18-24)47(48(62)69)38-20(2)64(32-11-14-35(67)45(60)41(32)38)50(71)23-5-8-26(54)29(57)17-23/h4-18,43,47H,1-3H3,(H5-,62,66,67,68,69,73,74)/p+1. The van der Waals surface area contributed by atoms with Crippen molar-refractivity contribution >= 4 is 132 Å². The Labute approximate surface area is 445 Å². The highest BCUT2D eigenvalue weighted by atomic mass is 35.5. The summed E-state index contributed by atoms with van der Waals surface area (Å²) in [6, 6.07) is 14.5. The molecule has 1 aliphatic heterocycles. The van der Waals surface area contributed by atoms with Crippen LogP contribution >= 0.6 is 69.6 Å². The fourth-order valence-corrected chi connectivity index (χ4v) is 11.1. The van der Waals surface area contributed by atoms with Crippen molar-refractivity contribution in [3.8, 4) is 17.2 Å². The number of primary amides is 1. The topological polar surface area (TPSA) is 202 Å². The molecule has 0 spiro atoms. The molecule has 0 aliphatic carbocycles. The minimum atomic E-state index is -2.42. The van der Waals surface area contributed by atoms with Gasteiger partial charge in [-0.05, 0) is 98.8 Å². The Hall–Kier alpha value is -7.02. The number of hydrogen-bond donors (Lipinski definition) is 5. The highest BCUT2D eigenvalue weighted by molar-refractivity contribution is 6.43. The van der Waals surface area contributed by atoms with Gasteiger partial charge in [-0.25, -0.2) is 18.0 Å². The SMILES string of the molecule is CC1=C(C(C(=O)O)c2c(C)n(C(=O)c3ccc(Cl)c(Cl)c3)c3ccc(O)c(F)c23)c2c(ccc(O)c2F)[N+]1(C(=O)c1ccc(Cl)c(Cl)c1)C(C(N)=O)c1c(C)n(C(=O)c2ccc(Cl)c(Cl)c2)c2ccc(O)c(F)c12. The molecular formula is C52H32Cl6F3N4O9+. The fourth-order valence-electron chi connectivity index (χ4n) is 10.2. The summed E-state index contributed by atoms with van der Waals surface area (Å²) in [6.45, 7) is 3.60. The van der Waals surface area contributed by atoms with Crippen molar-refractivity contribution < 1.29 is 57.6 Å². The molecule has 6 aromatic carbocycles. The van der Waals surface area contributed by atoms with Gasteiger partial charge >= 0.3 is 11.9 Å². The van der Waals surface area contributed by atoms with Crippen LogP contribution in [-0.2, 0) is 9.59 Å². The van der Waals surface area contributed by atoms with E-state index in [1.165, 1.54) is 56.3 Å². The first-order valence-corrected chi connectivity index (χ1v) is 23.8. The van der Waals surface area contributed by atoms with Crippen molar-refractivity contribution in [2.75, 3.05) is 0 Å². The molecule has 1 aliphatic rings. The molecular weight excluding hydrogens is 1090 g/mol. The van der Waals surface area contributed by atoms with Crippen LogP contribution in [0.25, 0.3) is 27.4 Å². The van der Waals surface area contributed by atoms with Crippen molar-refractivity contribution in [3.05, 3.63) is 189 Å². The Balaban J connectivity index is 1.46. The zero-order valence-electron chi connectivity index (χ0n) is 38.0. The van der Waals surface area contributed by atoms with Crippen molar-refractivity contribution in [3.63, 3.8) is 0 Å². The van der Waals surface area contributed by atoms with Crippen LogP contribution in [0, 0.1) is 31.3 Å². The molecule has 0 saturated carbocycles. The van der Waals surface area contributed by atoms with Crippen LogP contribution in [-0.4, -0.2) is 59.2 Å². The van der Waals surface area contributed by atoms with Crippen LogP contribution in [0.1, 0.15) is 78.0 Å². The number of allylic oxidation sites excluding steroid dienone is 1. The maximum atomic E-state index is 17.5. The van der Waals surface area contributed by atoms with Gasteiger partial charge in [0.1, 0.15) is 11.6 Å². The number of amides is 2.